The van der Waals surface area contributed by atoms with Crippen LogP contribution in [0.4, 0.5) is 0 Å². The first-order valence-electron chi connectivity index (χ1n) is 10.3. The van der Waals surface area contributed by atoms with Crippen molar-refractivity contribution in [3.8, 4) is 5.75 Å². The third kappa shape index (κ3) is 2.95. The van der Waals surface area contributed by atoms with E-state index in [0.717, 1.165) is 17.9 Å². The van der Waals surface area contributed by atoms with Crippen molar-refractivity contribution in [1.82, 2.24) is 4.90 Å². The van der Waals surface area contributed by atoms with Gasteiger partial charge in [-0.15, -0.1) is 0 Å². The normalized spacial score (nSPS) is 33.8. The minimum atomic E-state index is 0.306. The van der Waals surface area contributed by atoms with Gasteiger partial charge in [-0.05, 0) is 79.2 Å². The highest BCUT2D eigenvalue weighted by Gasteiger charge is 2.46. The Kier molecular flexibility index (Phi) is 4.04. The quantitative estimate of drug-likeness (QED) is 0.833. The first-order chi connectivity index (χ1) is 12.7. The van der Waals surface area contributed by atoms with Gasteiger partial charge in [0.05, 0.1) is 0 Å². The largest absolute Gasteiger partial charge is 0.508 e. The van der Waals surface area contributed by atoms with E-state index in [4.69, 9.17) is 0 Å². The van der Waals surface area contributed by atoms with Crippen LogP contribution in [0, 0.1) is 5.92 Å². The van der Waals surface area contributed by atoms with Crippen molar-refractivity contribution in [2.24, 2.45) is 5.92 Å². The fourth-order valence-electron chi connectivity index (χ4n) is 5.75. The van der Waals surface area contributed by atoms with Crippen molar-refractivity contribution in [2.45, 2.75) is 55.9 Å². The molecule has 0 unspecified atom stereocenters. The second kappa shape index (κ2) is 6.42. The highest BCUT2D eigenvalue weighted by molar-refractivity contribution is 5.34. The molecular formula is C24H29NO. The lowest BCUT2D eigenvalue weighted by atomic mass is 9.63. The zero-order valence-corrected chi connectivity index (χ0v) is 15.5. The molecule has 3 aliphatic rings. The van der Waals surface area contributed by atoms with Crippen molar-refractivity contribution in [3.05, 3.63) is 65.7 Å². The fraction of sp³-hybridized carbons (Fsp3) is 0.500. The van der Waals surface area contributed by atoms with E-state index in [1.807, 2.05) is 12.1 Å². The lowest BCUT2D eigenvalue weighted by Gasteiger charge is -2.51. The topological polar surface area (TPSA) is 23.5 Å². The Labute approximate surface area is 156 Å². The molecule has 0 spiro atoms. The molecule has 2 aliphatic carbocycles. The zero-order valence-electron chi connectivity index (χ0n) is 15.5. The van der Waals surface area contributed by atoms with E-state index in [1.54, 1.807) is 6.07 Å². The van der Waals surface area contributed by atoms with Crippen LogP contribution < -0.4 is 0 Å². The number of fused-ring (bicyclic) bond motifs is 2. The summed E-state index contributed by atoms with van der Waals surface area (Å²) in [5.74, 6) is 2.07. The number of phenolic OH excluding ortho intramolecular Hbond substituents is 1. The monoisotopic (exact) mass is 347 g/mol. The average Bonchev–Trinajstić information content (AvgIpc) is 3.45. The Morgan fingerprint density at radius 3 is 2.77 bits per heavy atom. The van der Waals surface area contributed by atoms with Crippen LogP contribution in [0.2, 0.25) is 0 Å². The van der Waals surface area contributed by atoms with E-state index in [9.17, 15) is 5.11 Å². The maximum atomic E-state index is 9.94. The Morgan fingerprint density at radius 1 is 1.04 bits per heavy atom. The summed E-state index contributed by atoms with van der Waals surface area (Å²) >= 11 is 0. The summed E-state index contributed by atoms with van der Waals surface area (Å²) in [6.45, 7) is 2.50. The lowest BCUT2D eigenvalue weighted by molar-refractivity contribution is 0.0478. The summed E-state index contributed by atoms with van der Waals surface area (Å²) in [5, 5.41) is 9.94. The molecule has 2 heteroatoms. The average molecular weight is 348 g/mol. The van der Waals surface area contributed by atoms with Crippen LogP contribution in [-0.2, 0) is 5.41 Å². The summed E-state index contributed by atoms with van der Waals surface area (Å²) in [5.41, 5.74) is 3.21. The Balaban J connectivity index is 1.27. The van der Waals surface area contributed by atoms with E-state index in [0.29, 0.717) is 11.2 Å². The van der Waals surface area contributed by atoms with Crippen LogP contribution in [0.25, 0.3) is 0 Å². The van der Waals surface area contributed by atoms with Crippen LogP contribution in [0.1, 0.15) is 55.6 Å². The molecule has 5 rings (SSSR count). The molecule has 2 aromatic rings. The molecule has 1 saturated heterocycles. The van der Waals surface area contributed by atoms with Gasteiger partial charge >= 0.3 is 0 Å². The van der Waals surface area contributed by atoms with Gasteiger partial charge in [-0.2, -0.15) is 0 Å². The van der Waals surface area contributed by atoms with Crippen molar-refractivity contribution in [2.75, 3.05) is 13.1 Å². The van der Waals surface area contributed by atoms with Gasteiger partial charge in [0.1, 0.15) is 5.75 Å². The molecule has 0 aromatic heterocycles. The van der Waals surface area contributed by atoms with Crippen LogP contribution in [0.3, 0.4) is 0 Å². The van der Waals surface area contributed by atoms with E-state index < -0.39 is 0 Å². The molecule has 2 aromatic carbocycles. The number of likely N-dealkylation sites (tertiary alicyclic amines) is 1. The SMILES string of the molecule is Oc1cccc([C@]23CCC[C@H](C2)N(C[C@@H]2C[C@H]2c2ccccc2)CC3)c1. The highest BCUT2D eigenvalue weighted by Crippen LogP contribution is 2.51. The summed E-state index contributed by atoms with van der Waals surface area (Å²) in [6, 6.07) is 19.9. The molecule has 136 valence electrons. The molecule has 2 bridgehead atoms. The molecule has 1 aliphatic heterocycles. The molecule has 2 saturated carbocycles. The van der Waals surface area contributed by atoms with Crippen LogP contribution in [0.15, 0.2) is 54.6 Å². The lowest BCUT2D eigenvalue weighted by Crippen LogP contribution is -2.52. The minimum absolute atomic E-state index is 0.306. The third-order valence-electron chi connectivity index (χ3n) is 7.29. The molecule has 0 radical (unpaired) electrons. The van der Waals surface area contributed by atoms with Gasteiger partial charge in [-0.3, -0.25) is 0 Å². The van der Waals surface area contributed by atoms with E-state index in [1.165, 1.54) is 62.7 Å². The van der Waals surface area contributed by atoms with Crippen LogP contribution in [-0.4, -0.2) is 29.1 Å². The first-order valence-corrected chi connectivity index (χ1v) is 10.3. The molecule has 1 heterocycles. The van der Waals surface area contributed by atoms with E-state index in [-0.39, 0.29) is 0 Å². The Hall–Kier alpha value is -1.80. The molecule has 26 heavy (non-hydrogen) atoms. The maximum absolute atomic E-state index is 9.94. The Morgan fingerprint density at radius 2 is 1.92 bits per heavy atom. The highest BCUT2D eigenvalue weighted by atomic mass is 16.3. The molecular weight excluding hydrogens is 318 g/mol. The summed E-state index contributed by atoms with van der Waals surface area (Å²) < 4.78 is 0. The van der Waals surface area contributed by atoms with Crippen molar-refractivity contribution < 1.29 is 5.11 Å². The van der Waals surface area contributed by atoms with Gasteiger partial charge in [0.15, 0.2) is 0 Å². The summed E-state index contributed by atoms with van der Waals surface area (Å²) in [7, 11) is 0. The van der Waals surface area contributed by atoms with E-state index in [2.05, 4.69) is 41.3 Å². The zero-order chi connectivity index (χ0) is 17.6. The second-order valence-electron chi connectivity index (χ2n) is 8.84. The van der Waals surface area contributed by atoms with Crippen LogP contribution in [0.5, 0.6) is 5.75 Å². The number of nitrogens with zero attached hydrogens (tertiary/aromatic N) is 1. The number of piperidine rings is 1. The first kappa shape index (κ1) is 16.4. The molecule has 2 nitrogen and oxygen atoms in total. The van der Waals surface area contributed by atoms with E-state index >= 15 is 0 Å². The number of rotatable bonds is 4. The number of hydrogen-bond donors (Lipinski definition) is 1. The second-order valence-corrected chi connectivity index (χ2v) is 8.84. The number of aromatic hydroxyl groups is 1. The van der Waals surface area contributed by atoms with Gasteiger partial charge in [0.25, 0.3) is 0 Å². The van der Waals surface area contributed by atoms with Gasteiger partial charge in [-0.25, -0.2) is 0 Å². The number of benzene rings is 2. The predicted molar refractivity (Wildman–Crippen MR) is 106 cm³/mol. The van der Waals surface area contributed by atoms with Crippen molar-refractivity contribution in [1.29, 1.82) is 0 Å². The minimum Gasteiger partial charge on any atom is -0.508 e. The Bertz CT molecular complexity index is 773. The van der Waals surface area contributed by atoms with Crippen molar-refractivity contribution >= 4 is 0 Å². The number of hydrogen-bond acceptors (Lipinski definition) is 2. The molecule has 1 N–H and O–H groups in total. The number of phenols is 1. The standard InChI is InChI=1S/C24H29NO/c26-22-10-4-8-20(15-22)24-11-5-9-21(16-24)25(13-12-24)17-19-14-23(19)18-6-2-1-3-7-18/h1-4,6-8,10,15,19,21,23,26H,5,9,11-14,16-17H2/t19-,21+,23-,24-/m0/s1. The van der Waals surface area contributed by atoms with Gasteiger partial charge < -0.3 is 10.0 Å². The van der Waals surface area contributed by atoms with Gasteiger partial charge in [-0.1, -0.05) is 48.9 Å². The van der Waals surface area contributed by atoms with Gasteiger partial charge in [0, 0.05) is 12.6 Å². The molecule has 0 amide bonds. The summed E-state index contributed by atoms with van der Waals surface area (Å²) in [4.78, 5) is 2.80. The fourth-order valence-corrected chi connectivity index (χ4v) is 5.75. The van der Waals surface area contributed by atoms with Crippen LogP contribution >= 0.6 is 0 Å². The summed E-state index contributed by atoms with van der Waals surface area (Å²) in [6.07, 6.45) is 7.85. The van der Waals surface area contributed by atoms with Crippen molar-refractivity contribution in [3.63, 3.8) is 0 Å². The maximum Gasteiger partial charge on any atom is 0.115 e. The smallest absolute Gasteiger partial charge is 0.115 e. The molecule has 4 atom stereocenters. The third-order valence-corrected chi connectivity index (χ3v) is 7.29. The molecule has 3 fully saturated rings. The predicted octanol–water partition coefficient (Wildman–Crippen LogP) is 5.08. The van der Waals surface area contributed by atoms with Gasteiger partial charge in [0.2, 0.25) is 0 Å².